The standard InChI is InChI=1S/C18H27NO3/c1-3-5-8-14-22-18(21)13-9-12-17(20)19-16-11-7-6-10-15(16)4-2/h6-7,10-11H,3-5,8-9,12-14H2,1-2H3,(H,19,20). The maximum absolute atomic E-state index is 11.9. The third kappa shape index (κ3) is 7.25. The van der Waals surface area contributed by atoms with Gasteiger partial charge >= 0.3 is 5.97 Å². The number of para-hydroxylation sites is 1. The Morgan fingerprint density at radius 1 is 1.05 bits per heavy atom. The van der Waals surface area contributed by atoms with Crippen molar-refractivity contribution >= 4 is 17.6 Å². The van der Waals surface area contributed by atoms with Gasteiger partial charge in [0.25, 0.3) is 0 Å². The first-order valence-corrected chi connectivity index (χ1v) is 8.20. The summed E-state index contributed by atoms with van der Waals surface area (Å²) in [6, 6.07) is 7.77. The van der Waals surface area contributed by atoms with E-state index in [2.05, 4.69) is 19.2 Å². The summed E-state index contributed by atoms with van der Waals surface area (Å²) in [6.07, 6.45) is 5.13. The van der Waals surface area contributed by atoms with Crippen LogP contribution in [0, 0.1) is 0 Å². The molecule has 0 aliphatic carbocycles. The van der Waals surface area contributed by atoms with E-state index in [-0.39, 0.29) is 11.9 Å². The zero-order chi connectivity index (χ0) is 16.2. The average molecular weight is 305 g/mol. The first-order chi connectivity index (χ1) is 10.7. The molecule has 1 amide bonds. The molecule has 0 heterocycles. The van der Waals surface area contributed by atoms with Crippen LogP contribution in [0.2, 0.25) is 0 Å². The fourth-order valence-electron chi connectivity index (χ4n) is 2.17. The van der Waals surface area contributed by atoms with Gasteiger partial charge in [-0.15, -0.1) is 0 Å². The van der Waals surface area contributed by atoms with Crippen molar-refractivity contribution in [3.8, 4) is 0 Å². The Bertz CT molecular complexity index is 471. The summed E-state index contributed by atoms with van der Waals surface area (Å²) in [5, 5.41) is 2.90. The van der Waals surface area contributed by atoms with E-state index in [0.29, 0.717) is 25.9 Å². The van der Waals surface area contributed by atoms with E-state index in [9.17, 15) is 9.59 Å². The number of carbonyl (C=O) groups excluding carboxylic acids is 2. The molecule has 4 heteroatoms. The molecule has 1 aromatic rings. The van der Waals surface area contributed by atoms with Gasteiger partial charge in [0.05, 0.1) is 6.61 Å². The summed E-state index contributed by atoms with van der Waals surface area (Å²) in [4.78, 5) is 23.4. The Kier molecular flexibility index (Phi) is 8.96. The minimum absolute atomic E-state index is 0.0558. The fraction of sp³-hybridized carbons (Fsp3) is 0.556. The van der Waals surface area contributed by atoms with Gasteiger partial charge in [-0.2, -0.15) is 0 Å². The Morgan fingerprint density at radius 3 is 2.55 bits per heavy atom. The lowest BCUT2D eigenvalue weighted by atomic mass is 10.1. The number of anilines is 1. The number of benzene rings is 1. The van der Waals surface area contributed by atoms with Crippen molar-refractivity contribution in [1.82, 2.24) is 0 Å². The number of unbranched alkanes of at least 4 members (excludes halogenated alkanes) is 2. The van der Waals surface area contributed by atoms with Crippen molar-refractivity contribution in [2.75, 3.05) is 11.9 Å². The van der Waals surface area contributed by atoms with E-state index in [0.717, 1.165) is 36.9 Å². The quantitative estimate of drug-likeness (QED) is 0.523. The molecule has 122 valence electrons. The number of hydrogen-bond donors (Lipinski definition) is 1. The van der Waals surface area contributed by atoms with Gasteiger partial charge in [0, 0.05) is 18.5 Å². The van der Waals surface area contributed by atoms with Crippen LogP contribution in [0.1, 0.15) is 57.9 Å². The van der Waals surface area contributed by atoms with Gasteiger partial charge < -0.3 is 10.1 Å². The molecule has 0 bridgehead atoms. The second-order valence-corrected chi connectivity index (χ2v) is 5.34. The third-order valence-electron chi connectivity index (χ3n) is 3.47. The minimum atomic E-state index is -0.210. The predicted molar refractivity (Wildman–Crippen MR) is 88.8 cm³/mol. The number of aryl methyl sites for hydroxylation is 1. The molecule has 1 aromatic carbocycles. The van der Waals surface area contributed by atoms with E-state index in [1.54, 1.807) is 0 Å². The molecule has 0 aromatic heterocycles. The minimum Gasteiger partial charge on any atom is -0.466 e. The molecule has 0 saturated heterocycles. The van der Waals surface area contributed by atoms with Crippen LogP contribution >= 0.6 is 0 Å². The van der Waals surface area contributed by atoms with Crippen molar-refractivity contribution in [1.29, 1.82) is 0 Å². The van der Waals surface area contributed by atoms with Crippen LogP contribution in [0.15, 0.2) is 24.3 Å². The highest BCUT2D eigenvalue weighted by Gasteiger charge is 2.08. The molecule has 0 aliphatic heterocycles. The largest absolute Gasteiger partial charge is 0.466 e. The lowest BCUT2D eigenvalue weighted by Gasteiger charge is -2.09. The monoisotopic (exact) mass is 305 g/mol. The molecule has 0 unspecified atom stereocenters. The highest BCUT2D eigenvalue weighted by atomic mass is 16.5. The van der Waals surface area contributed by atoms with Crippen molar-refractivity contribution < 1.29 is 14.3 Å². The van der Waals surface area contributed by atoms with E-state index in [1.165, 1.54) is 0 Å². The van der Waals surface area contributed by atoms with Gasteiger partial charge in [0.15, 0.2) is 0 Å². The van der Waals surface area contributed by atoms with Crippen LogP contribution in [0.25, 0.3) is 0 Å². The summed E-state index contributed by atoms with van der Waals surface area (Å²) in [6.45, 7) is 4.65. The molecule has 0 atom stereocenters. The number of nitrogens with one attached hydrogen (secondary N) is 1. The van der Waals surface area contributed by atoms with Gasteiger partial charge in [0.1, 0.15) is 0 Å². The molecule has 0 fully saturated rings. The zero-order valence-corrected chi connectivity index (χ0v) is 13.7. The van der Waals surface area contributed by atoms with Gasteiger partial charge in [-0.05, 0) is 30.9 Å². The highest BCUT2D eigenvalue weighted by molar-refractivity contribution is 5.91. The maximum atomic E-state index is 11.9. The second kappa shape index (κ2) is 10.8. The Balaban J connectivity index is 2.22. The maximum Gasteiger partial charge on any atom is 0.305 e. The topological polar surface area (TPSA) is 55.4 Å². The molecule has 0 saturated carbocycles. The number of rotatable bonds is 10. The smallest absolute Gasteiger partial charge is 0.305 e. The van der Waals surface area contributed by atoms with Gasteiger partial charge in [-0.25, -0.2) is 0 Å². The number of carbonyl (C=O) groups is 2. The summed E-state index contributed by atoms with van der Waals surface area (Å²) in [7, 11) is 0. The third-order valence-corrected chi connectivity index (χ3v) is 3.47. The number of amides is 1. The van der Waals surface area contributed by atoms with Crippen molar-refractivity contribution in [3.05, 3.63) is 29.8 Å². The second-order valence-electron chi connectivity index (χ2n) is 5.34. The molecule has 1 N–H and O–H groups in total. The van der Waals surface area contributed by atoms with Gasteiger partial charge in [-0.1, -0.05) is 44.9 Å². The van der Waals surface area contributed by atoms with E-state index >= 15 is 0 Å². The molecular formula is C18H27NO3. The van der Waals surface area contributed by atoms with Crippen LogP contribution < -0.4 is 5.32 Å². The zero-order valence-electron chi connectivity index (χ0n) is 13.7. The van der Waals surface area contributed by atoms with Crippen LogP contribution in [0.3, 0.4) is 0 Å². The Hall–Kier alpha value is -1.84. The lowest BCUT2D eigenvalue weighted by Crippen LogP contribution is -2.14. The average Bonchev–Trinajstić information content (AvgIpc) is 2.52. The Labute approximate surface area is 133 Å². The summed E-state index contributed by atoms with van der Waals surface area (Å²) >= 11 is 0. The van der Waals surface area contributed by atoms with Crippen molar-refractivity contribution in [2.24, 2.45) is 0 Å². The van der Waals surface area contributed by atoms with Crippen molar-refractivity contribution in [2.45, 2.75) is 58.8 Å². The van der Waals surface area contributed by atoms with Crippen LogP contribution in [-0.2, 0) is 20.7 Å². The molecule has 22 heavy (non-hydrogen) atoms. The normalized spacial score (nSPS) is 10.3. The molecule has 0 aliphatic rings. The van der Waals surface area contributed by atoms with Gasteiger partial charge in [-0.3, -0.25) is 9.59 Å². The van der Waals surface area contributed by atoms with E-state index in [1.807, 2.05) is 24.3 Å². The molecule has 0 spiro atoms. The number of ether oxygens (including phenoxy) is 1. The molecule has 1 rings (SSSR count). The van der Waals surface area contributed by atoms with E-state index in [4.69, 9.17) is 4.74 Å². The SMILES string of the molecule is CCCCCOC(=O)CCCC(=O)Nc1ccccc1CC. The highest BCUT2D eigenvalue weighted by Crippen LogP contribution is 2.16. The first kappa shape index (κ1) is 18.2. The van der Waals surface area contributed by atoms with Crippen LogP contribution in [0.4, 0.5) is 5.69 Å². The summed E-state index contributed by atoms with van der Waals surface area (Å²) in [5.74, 6) is -0.266. The van der Waals surface area contributed by atoms with E-state index < -0.39 is 0 Å². The summed E-state index contributed by atoms with van der Waals surface area (Å²) < 4.78 is 5.11. The predicted octanol–water partition coefficient (Wildman–Crippen LogP) is 4.09. The number of esters is 1. The molecule has 0 radical (unpaired) electrons. The molecular weight excluding hydrogens is 278 g/mol. The first-order valence-electron chi connectivity index (χ1n) is 8.20. The fourth-order valence-corrected chi connectivity index (χ4v) is 2.17. The van der Waals surface area contributed by atoms with Crippen LogP contribution in [0.5, 0.6) is 0 Å². The lowest BCUT2D eigenvalue weighted by molar-refractivity contribution is -0.143. The number of hydrogen-bond acceptors (Lipinski definition) is 3. The molecule has 4 nitrogen and oxygen atoms in total. The van der Waals surface area contributed by atoms with Crippen molar-refractivity contribution in [3.63, 3.8) is 0 Å². The Morgan fingerprint density at radius 2 is 1.82 bits per heavy atom. The van der Waals surface area contributed by atoms with Crippen LogP contribution in [-0.4, -0.2) is 18.5 Å². The summed E-state index contributed by atoms with van der Waals surface area (Å²) in [5.41, 5.74) is 1.98. The van der Waals surface area contributed by atoms with Gasteiger partial charge in [0.2, 0.25) is 5.91 Å².